The minimum atomic E-state index is -1.65. The molecule has 180 valence electrons. The van der Waals surface area contributed by atoms with Crippen molar-refractivity contribution in [3.8, 4) is 0 Å². The number of carbonyl (C=O) groups excluding carboxylic acids is 1. The third-order valence-electron chi connectivity index (χ3n) is 4.94. The fourth-order valence-corrected chi connectivity index (χ4v) is 3.34. The number of amides is 1. The van der Waals surface area contributed by atoms with Gasteiger partial charge in [0.15, 0.2) is 12.6 Å². The van der Waals surface area contributed by atoms with E-state index in [2.05, 4.69) is 11.9 Å². The Morgan fingerprint density at radius 2 is 1.61 bits per heavy atom. The molecule has 2 aliphatic heterocycles. The molecule has 0 bridgehead atoms. The van der Waals surface area contributed by atoms with Crippen molar-refractivity contribution in [3.05, 3.63) is 12.7 Å². The van der Waals surface area contributed by atoms with Gasteiger partial charge in [-0.25, -0.2) is 4.79 Å². The molecule has 13 nitrogen and oxygen atoms in total. The predicted octanol–water partition coefficient (Wildman–Crippen LogP) is -3.43. The average Bonchev–Trinajstić information content (AvgIpc) is 2.76. The lowest BCUT2D eigenvalue weighted by Crippen LogP contribution is -2.68. The highest BCUT2D eigenvalue weighted by Crippen LogP contribution is 2.29. The van der Waals surface area contributed by atoms with E-state index in [0.29, 0.717) is 0 Å². The van der Waals surface area contributed by atoms with Crippen LogP contribution in [0.25, 0.3) is 0 Å². The lowest BCUT2D eigenvalue weighted by Gasteiger charge is -2.46. The smallest absolute Gasteiger partial charge is 0.407 e. The van der Waals surface area contributed by atoms with Crippen LogP contribution in [0, 0.1) is 0 Å². The SMILES string of the molecule is C=CCOC(=O)N[C@H]1C(O[C@H]2[C@@H](O)[C@@H](CO)OC(OCC)[C@@H]2O)O[C@H](CO)[C@@H](O)[C@@H]1O. The summed E-state index contributed by atoms with van der Waals surface area (Å²) in [6.07, 6.45) is -12.7. The standard InChI is InChI=1S/C18H31NO12/c1-3-5-28-18(26)19-10-13(24)11(22)8(6-20)29-16(10)31-15-12(23)9(7-21)30-17(14(15)25)27-4-2/h3,8-17,20-25H,1,4-7H2,2H3,(H,19,26)/t8-,9-,10-,11-,12+,13-,14-,15+,16?,17?/m1/s1. The molecule has 2 unspecified atom stereocenters. The minimum Gasteiger partial charge on any atom is -0.445 e. The summed E-state index contributed by atoms with van der Waals surface area (Å²) in [5, 5.41) is 62.8. The lowest BCUT2D eigenvalue weighted by molar-refractivity contribution is -0.347. The maximum atomic E-state index is 12.0. The van der Waals surface area contributed by atoms with Crippen LogP contribution < -0.4 is 5.32 Å². The molecule has 0 aliphatic carbocycles. The Balaban J connectivity index is 2.24. The van der Waals surface area contributed by atoms with Crippen molar-refractivity contribution in [2.45, 2.75) is 68.3 Å². The second-order valence-corrected chi connectivity index (χ2v) is 7.03. The van der Waals surface area contributed by atoms with Gasteiger partial charge in [0.1, 0.15) is 55.4 Å². The average molecular weight is 453 g/mol. The molecule has 10 atom stereocenters. The number of aliphatic hydroxyl groups is 6. The molecule has 0 aromatic heterocycles. The minimum absolute atomic E-state index is 0.130. The normalized spacial score (nSPS) is 40.9. The first-order chi connectivity index (χ1) is 14.8. The van der Waals surface area contributed by atoms with Gasteiger partial charge in [-0.15, -0.1) is 0 Å². The Morgan fingerprint density at radius 1 is 1.00 bits per heavy atom. The topological polar surface area (TPSA) is 197 Å². The zero-order valence-corrected chi connectivity index (χ0v) is 17.0. The molecule has 2 fully saturated rings. The van der Waals surface area contributed by atoms with Crippen molar-refractivity contribution in [2.24, 2.45) is 0 Å². The number of nitrogens with one attached hydrogen (secondary N) is 1. The van der Waals surface area contributed by atoms with Crippen LogP contribution in [-0.4, -0.2) is 125 Å². The van der Waals surface area contributed by atoms with Gasteiger partial charge in [-0.2, -0.15) is 0 Å². The van der Waals surface area contributed by atoms with Gasteiger partial charge < -0.3 is 59.6 Å². The van der Waals surface area contributed by atoms with E-state index in [-0.39, 0.29) is 13.2 Å². The zero-order valence-electron chi connectivity index (χ0n) is 17.0. The Hall–Kier alpha value is -1.39. The van der Waals surface area contributed by atoms with Gasteiger partial charge in [0.25, 0.3) is 0 Å². The van der Waals surface area contributed by atoms with Crippen LogP contribution in [0.4, 0.5) is 4.79 Å². The molecular weight excluding hydrogens is 422 g/mol. The van der Waals surface area contributed by atoms with Crippen molar-refractivity contribution in [3.63, 3.8) is 0 Å². The molecule has 31 heavy (non-hydrogen) atoms. The summed E-state index contributed by atoms with van der Waals surface area (Å²) in [5.41, 5.74) is 0. The van der Waals surface area contributed by atoms with E-state index in [1.54, 1.807) is 6.92 Å². The molecular formula is C18H31NO12. The first kappa shape index (κ1) is 25.9. The van der Waals surface area contributed by atoms with Gasteiger partial charge in [-0.1, -0.05) is 12.7 Å². The summed E-state index contributed by atoms with van der Waals surface area (Å²) in [7, 11) is 0. The highest BCUT2D eigenvalue weighted by Gasteiger charge is 2.51. The van der Waals surface area contributed by atoms with Crippen LogP contribution in [0.3, 0.4) is 0 Å². The summed E-state index contributed by atoms with van der Waals surface area (Å²) in [6.45, 7) is 3.77. The Kier molecular flexibility index (Phi) is 10.0. The highest BCUT2D eigenvalue weighted by atomic mass is 16.7. The molecule has 0 saturated carbocycles. The molecule has 0 aromatic rings. The fraction of sp³-hybridized carbons (Fsp3) is 0.833. The number of rotatable bonds is 9. The van der Waals surface area contributed by atoms with E-state index >= 15 is 0 Å². The second-order valence-electron chi connectivity index (χ2n) is 7.03. The largest absolute Gasteiger partial charge is 0.445 e. The number of aliphatic hydroxyl groups excluding tert-OH is 6. The van der Waals surface area contributed by atoms with Gasteiger partial charge >= 0.3 is 6.09 Å². The van der Waals surface area contributed by atoms with Crippen molar-refractivity contribution >= 4 is 6.09 Å². The van der Waals surface area contributed by atoms with Gasteiger partial charge in [-0.3, -0.25) is 0 Å². The first-order valence-corrected chi connectivity index (χ1v) is 9.85. The molecule has 0 radical (unpaired) electrons. The number of ether oxygens (including phenoxy) is 5. The predicted molar refractivity (Wildman–Crippen MR) is 100 cm³/mol. The lowest BCUT2D eigenvalue weighted by atomic mass is 9.95. The molecule has 0 spiro atoms. The van der Waals surface area contributed by atoms with Crippen molar-refractivity contribution in [1.29, 1.82) is 0 Å². The number of hydrogen-bond acceptors (Lipinski definition) is 12. The summed E-state index contributed by atoms with van der Waals surface area (Å²) in [4.78, 5) is 12.0. The number of carbonyl (C=O) groups is 1. The summed E-state index contributed by atoms with van der Waals surface area (Å²) >= 11 is 0. The van der Waals surface area contributed by atoms with E-state index in [0.717, 1.165) is 0 Å². The Labute approximate surface area is 178 Å². The van der Waals surface area contributed by atoms with Crippen molar-refractivity contribution in [1.82, 2.24) is 5.32 Å². The molecule has 2 rings (SSSR count). The molecule has 7 N–H and O–H groups in total. The van der Waals surface area contributed by atoms with Crippen LogP contribution in [0.5, 0.6) is 0 Å². The summed E-state index contributed by atoms with van der Waals surface area (Å²) < 4.78 is 26.5. The quantitative estimate of drug-likeness (QED) is 0.171. The third kappa shape index (κ3) is 6.10. The molecule has 2 heterocycles. The van der Waals surface area contributed by atoms with Crippen LogP contribution in [0.1, 0.15) is 6.92 Å². The van der Waals surface area contributed by atoms with Crippen LogP contribution in [0.2, 0.25) is 0 Å². The molecule has 13 heteroatoms. The van der Waals surface area contributed by atoms with Gasteiger partial charge in [0.05, 0.1) is 13.2 Å². The van der Waals surface area contributed by atoms with Crippen molar-refractivity contribution < 1.29 is 59.1 Å². The van der Waals surface area contributed by atoms with E-state index in [9.17, 15) is 35.4 Å². The van der Waals surface area contributed by atoms with Gasteiger partial charge in [0, 0.05) is 6.61 Å². The van der Waals surface area contributed by atoms with E-state index in [1.165, 1.54) is 6.08 Å². The van der Waals surface area contributed by atoms with Gasteiger partial charge in [-0.05, 0) is 6.92 Å². The second kappa shape index (κ2) is 12.0. The molecule has 1 amide bonds. The molecule has 2 aliphatic rings. The molecule has 2 saturated heterocycles. The van der Waals surface area contributed by atoms with E-state index in [4.69, 9.17) is 23.7 Å². The zero-order chi connectivity index (χ0) is 23.1. The van der Waals surface area contributed by atoms with Gasteiger partial charge in [0.2, 0.25) is 0 Å². The fourth-order valence-electron chi connectivity index (χ4n) is 3.34. The van der Waals surface area contributed by atoms with E-state index in [1.807, 2.05) is 0 Å². The van der Waals surface area contributed by atoms with Crippen LogP contribution in [-0.2, 0) is 23.7 Å². The number of alkyl carbamates (subject to hydrolysis) is 1. The third-order valence-corrected chi connectivity index (χ3v) is 4.94. The Bertz CT molecular complexity index is 580. The maximum Gasteiger partial charge on any atom is 0.407 e. The highest BCUT2D eigenvalue weighted by molar-refractivity contribution is 5.67. The first-order valence-electron chi connectivity index (χ1n) is 9.85. The maximum absolute atomic E-state index is 12.0. The molecule has 0 aromatic carbocycles. The summed E-state index contributed by atoms with van der Waals surface area (Å²) in [5.74, 6) is 0. The monoisotopic (exact) mass is 453 g/mol. The summed E-state index contributed by atoms with van der Waals surface area (Å²) in [6, 6.07) is -1.41. The number of hydrogen-bond donors (Lipinski definition) is 7. The van der Waals surface area contributed by atoms with E-state index < -0.39 is 80.7 Å². The van der Waals surface area contributed by atoms with Crippen molar-refractivity contribution in [2.75, 3.05) is 26.4 Å². The Morgan fingerprint density at radius 3 is 2.19 bits per heavy atom. The van der Waals surface area contributed by atoms with Crippen LogP contribution >= 0.6 is 0 Å². The van der Waals surface area contributed by atoms with Crippen LogP contribution in [0.15, 0.2) is 12.7 Å².